The maximum Gasteiger partial charge on any atom is 0.150 e. The summed E-state index contributed by atoms with van der Waals surface area (Å²) in [6, 6.07) is 5.54. The van der Waals surface area contributed by atoms with Crippen LogP contribution >= 0.6 is 0 Å². The molecule has 0 aliphatic heterocycles. The summed E-state index contributed by atoms with van der Waals surface area (Å²) >= 11 is 0. The van der Waals surface area contributed by atoms with Gasteiger partial charge in [-0.25, -0.2) is 0 Å². The monoisotopic (exact) mass is 215 g/mol. The Hall–Kier alpha value is -2.06. The molecule has 0 saturated heterocycles. The molecule has 0 unspecified atom stereocenters. The zero-order valence-corrected chi connectivity index (χ0v) is 9.13. The molecule has 1 aromatic carbocycles. The number of aryl methyl sites for hydroxylation is 1. The molecule has 4 nitrogen and oxygen atoms in total. The minimum atomic E-state index is 0.458. The molecule has 0 radical (unpaired) electrons. The first-order chi connectivity index (χ1) is 7.77. The summed E-state index contributed by atoms with van der Waals surface area (Å²) in [6.07, 6.45) is 5.41. The van der Waals surface area contributed by atoms with Crippen molar-refractivity contribution < 1.29 is 4.79 Å². The summed E-state index contributed by atoms with van der Waals surface area (Å²) in [6.45, 7) is 2.45. The molecule has 4 heteroatoms. The van der Waals surface area contributed by atoms with E-state index in [0.717, 1.165) is 17.4 Å². The van der Waals surface area contributed by atoms with Gasteiger partial charge in [0.25, 0.3) is 0 Å². The number of carbonyl (C=O) groups excluding carboxylic acids is 1. The highest BCUT2D eigenvalue weighted by atomic mass is 16.1. The molecule has 0 amide bonds. The minimum absolute atomic E-state index is 0.458. The fraction of sp³-hybridized carbons (Fsp3) is 0.250. The van der Waals surface area contributed by atoms with Gasteiger partial charge in [0.05, 0.1) is 0 Å². The van der Waals surface area contributed by atoms with Crippen LogP contribution < -0.4 is 0 Å². The minimum Gasteiger partial charge on any atom is -0.298 e. The number of benzene rings is 1. The predicted molar refractivity (Wildman–Crippen MR) is 64.2 cm³/mol. The van der Waals surface area contributed by atoms with Crippen LogP contribution in [0.1, 0.15) is 27.9 Å². The molecule has 0 aliphatic carbocycles. The maximum absolute atomic E-state index is 10.6. The third-order valence-corrected chi connectivity index (χ3v) is 2.20. The van der Waals surface area contributed by atoms with Gasteiger partial charge in [-0.1, -0.05) is 29.4 Å². The van der Waals surface area contributed by atoms with E-state index in [9.17, 15) is 4.79 Å². The largest absolute Gasteiger partial charge is 0.298 e. The Morgan fingerprint density at radius 1 is 1.50 bits per heavy atom. The van der Waals surface area contributed by atoms with Gasteiger partial charge < -0.3 is 0 Å². The third kappa shape index (κ3) is 3.59. The molecule has 0 bridgehead atoms. The lowest BCUT2D eigenvalue weighted by Gasteiger charge is -2.00. The molecule has 82 valence electrons. The van der Waals surface area contributed by atoms with Gasteiger partial charge >= 0.3 is 0 Å². The van der Waals surface area contributed by atoms with Gasteiger partial charge in [0.2, 0.25) is 0 Å². The van der Waals surface area contributed by atoms with Crippen LogP contribution in [0, 0.1) is 6.92 Å². The van der Waals surface area contributed by atoms with E-state index in [1.54, 1.807) is 6.07 Å². The van der Waals surface area contributed by atoms with Crippen LogP contribution in [0.15, 0.2) is 29.4 Å². The van der Waals surface area contributed by atoms with Crippen LogP contribution in [0.4, 0.5) is 0 Å². The predicted octanol–water partition coefficient (Wildman–Crippen LogP) is 3.52. The molecule has 0 aliphatic rings. The highest BCUT2D eigenvalue weighted by Gasteiger charge is 1.95. The Kier molecular flexibility index (Phi) is 4.83. The zero-order chi connectivity index (χ0) is 11.8. The second-order valence-corrected chi connectivity index (χ2v) is 3.38. The fourth-order valence-corrected chi connectivity index (χ4v) is 1.30. The smallest absolute Gasteiger partial charge is 0.150 e. The Bertz CT molecular complexity index is 446. The lowest BCUT2D eigenvalue weighted by atomic mass is 10.0. The van der Waals surface area contributed by atoms with Crippen LogP contribution in [0.5, 0.6) is 0 Å². The second kappa shape index (κ2) is 6.43. The normalized spacial score (nSPS) is 10.1. The summed E-state index contributed by atoms with van der Waals surface area (Å²) in [4.78, 5) is 13.3. The van der Waals surface area contributed by atoms with Crippen molar-refractivity contribution in [2.24, 2.45) is 5.11 Å². The van der Waals surface area contributed by atoms with Crippen LogP contribution in [-0.2, 0) is 0 Å². The fourth-order valence-electron chi connectivity index (χ4n) is 1.30. The Labute approximate surface area is 94.2 Å². The molecule has 1 aromatic rings. The van der Waals surface area contributed by atoms with Gasteiger partial charge in [-0.15, -0.1) is 0 Å². The topological polar surface area (TPSA) is 65.8 Å². The van der Waals surface area contributed by atoms with Gasteiger partial charge in [-0.2, -0.15) is 0 Å². The highest BCUT2D eigenvalue weighted by molar-refractivity contribution is 5.76. The first kappa shape index (κ1) is 12.0. The van der Waals surface area contributed by atoms with E-state index >= 15 is 0 Å². The van der Waals surface area contributed by atoms with E-state index in [2.05, 4.69) is 10.0 Å². The van der Waals surface area contributed by atoms with Crippen LogP contribution in [0.25, 0.3) is 16.5 Å². The van der Waals surface area contributed by atoms with Gasteiger partial charge in [0.1, 0.15) is 6.29 Å². The molecule has 0 atom stereocenters. The number of nitrogens with zero attached hydrogens (tertiary/aromatic N) is 3. The number of aldehydes is 1. The van der Waals surface area contributed by atoms with Crippen molar-refractivity contribution in [3.63, 3.8) is 0 Å². The Balaban J connectivity index is 2.71. The molecule has 16 heavy (non-hydrogen) atoms. The van der Waals surface area contributed by atoms with Gasteiger partial charge in [0.15, 0.2) is 0 Å². The van der Waals surface area contributed by atoms with Crippen molar-refractivity contribution in [1.82, 2.24) is 0 Å². The maximum atomic E-state index is 10.6. The molecule has 0 spiro atoms. The standard InChI is InChI=1S/C12H13N3O/c1-10-5-6-11(9-16)8-12(10)4-2-3-7-14-15-13/h2,4-6,8-9H,3,7H2,1H3. The first-order valence-electron chi connectivity index (χ1n) is 5.01. The molecule has 0 saturated carbocycles. The van der Waals surface area contributed by atoms with E-state index in [1.165, 1.54) is 0 Å². The number of carbonyl (C=O) groups is 1. The summed E-state index contributed by atoms with van der Waals surface area (Å²) in [5.41, 5.74) is 10.9. The molecule has 0 N–H and O–H groups in total. The van der Waals surface area contributed by atoms with Crippen molar-refractivity contribution in [3.05, 3.63) is 51.4 Å². The average Bonchev–Trinajstić information content (AvgIpc) is 2.31. The van der Waals surface area contributed by atoms with Gasteiger partial charge in [-0.05, 0) is 36.1 Å². The molecule has 0 fully saturated rings. The van der Waals surface area contributed by atoms with Crippen molar-refractivity contribution in [2.75, 3.05) is 6.54 Å². The summed E-state index contributed by atoms with van der Waals surface area (Å²) < 4.78 is 0. The zero-order valence-electron chi connectivity index (χ0n) is 9.13. The molecule has 1 rings (SSSR count). The van der Waals surface area contributed by atoms with E-state index in [4.69, 9.17) is 5.53 Å². The van der Waals surface area contributed by atoms with Crippen molar-refractivity contribution >= 4 is 12.4 Å². The molecule has 0 heterocycles. The summed E-state index contributed by atoms with van der Waals surface area (Å²) in [5, 5.41) is 3.43. The second-order valence-electron chi connectivity index (χ2n) is 3.38. The lowest BCUT2D eigenvalue weighted by molar-refractivity contribution is 0.112. The Morgan fingerprint density at radius 3 is 3.00 bits per heavy atom. The number of hydrogen-bond donors (Lipinski definition) is 0. The Morgan fingerprint density at radius 2 is 2.31 bits per heavy atom. The highest BCUT2D eigenvalue weighted by Crippen LogP contribution is 2.12. The van der Waals surface area contributed by atoms with E-state index in [1.807, 2.05) is 31.2 Å². The quantitative estimate of drug-likeness (QED) is 0.243. The van der Waals surface area contributed by atoms with Crippen molar-refractivity contribution in [3.8, 4) is 0 Å². The number of hydrogen-bond acceptors (Lipinski definition) is 2. The average molecular weight is 215 g/mol. The summed E-state index contributed by atoms with van der Waals surface area (Å²) in [5.74, 6) is 0. The molecule has 0 aromatic heterocycles. The lowest BCUT2D eigenvalue weighted by Crippen LogP contribution is -1.85. The van der Waals surface area contributed by atoms with E-state index in [-0.39, 0.29) is 0 Å². The van der Waals surface area contributed by atoms with Crippen LogP contribution in [0.3, 0.4) is 0 Å². The van der Waals surface area contributed by atoms with Gasteiger partial charge in [-0.3, -0.25) is 4.79 Å². The van der Waals surface area contributed by atoms with Crippen LogP contribution in [0.2, 0.25) is 0 Å². The molecular weight excluding hydrogens is 202 g/mol. The summed E-state index contributed by atoms with van der Waals surface area (Å²) in [7, 11) is 0. The first-order valence-corrected chi connectivity index (χ1v) is 5.01. The van der Waals surface area contributed by atoms with E-state index in [0.29, 0.717) is 18.5 Å². The molecular formula is C12H13N3O. The number of azide groups is 1. The van der Waals surface area contributed by atoms with Crippen LogP contribution in [-0.4, -0.2) is 12.8 Å². The number of rotatable bonds is 5. The van der Waals surface area contributed by atoms with E-state index < -0.39 is 0 Å². The van der Waals surface area contributed by atoms with Crippen molar-refractivity contribution in [2.45, 2.75) is 13.3 Å². The van der Waals surface area contributed by atoms with Crippen molar-refractivity contribution in [1.29, 1.82) is 0 Å². The SMILES string of the molecule is Cc1ccc(C=O)cc1C=CCCN=[N+]=[N-]. The van der Waals surface area contributed by atoms with Gasteiger partial charge in [0, 0.05) is 17.0 Å². The third-order valence-electron chi connectivity index (χ3n) is 2.20.